The number of aryl methyl sites for hydroxylation is 1. The highest BCUT2D eigenvalue weighted by atomic mass is 35.5. The molecule has 3 aromatic rings. The topological polar surface area (TPSA) is 84.5 Å². The van der Waals surface area contributed by atoms with Crippen LogP contribution in [0.15, 0.2) is 71.6 Å². The summed E-state index contributed by atoms with van der Waals surface area (Å²) in [5, 5.41) is 3.26. The van der Waals surface area contributed by atoms with Gasteiger partial charge in [-0.1, -0.05) is 41.9 Å². The third kappa shape index (κ3) is 5.07. The van der Waals surface area contributed by atoms with Crippen molar-refractivity contribution in [3.63, 3.8) is 0 Å². The first kappa shape index (κ1) is 21.4. The Morgan fingerprint density at radius 2 is 1.68 bits per heavy atom. The first-order valence-electron chi connectivity index (χ1n) is 9.79. The Morgan fingerprint density at radius 3 is 2.39 bits per heavy atom. The molecule has 4 rings (SSSR count). The van der Waals surface area contributed by atoms with Gasteiger partial charge in [0.2, 0.25) is 10.0 Å². The van der Waals surface area contributed by atoms with Crippen LogP contribution >= 0.6 is 11.6 Å². The number of halogens is 1. The largest absolute Gasteiger partial charge is 0.454 e. The molecule has 0 heterocycles. The van der Waals surface area contributed by atoms with Crippen molar-refractivity contribution in [1.29, 1.82) is 0 Å². The molecule has 0 unspecified atom stereocenters. The number of carbonyl (C=O) groups excluding carboxylic acids is 1. The second-order valence-corrected chi connectivity index (χ2v) is 9.48. The predicted molar refractivity (Wildman–Crippen MR) is 120 cm³/mol. The Balaban J connectivity index is 1.59. The Morgan fingerprint density at radius 1 is 1.00 bits per heavy atom. The number of benzene rings is 3. The number of carbonyl (C=O) groups is 1. The molecular weight excluding hydrogens is 436 g/mol. The van der Waals surface area contributed by atoms with E-state index in [0.29, 0.717) is 27.8 Å². The van der Waals surface area contributed by atoms with E-state index in [1.54, 1.807) is 61.5 Å². The van der Waals surface area contributed by atoms with Crippen LogP contribution in [-0.4, -0.2) is 20.4 Å². The van der Waals surface area contributed by atoms with Crippen LogP contribution in [-0.2, 0) is 10.0 Å². The molecular formula is C23H21ClN2O4S. The fourth-order valence-corrected chi connectivity index (χ4v) is 4.50. The van der Waals surface area contributed by atoms with E-state index in [2.05, 4.69) is 10.0 Å². The lowest BCUT2D eigenvalue weighted by molar-refractivity contribution is 0.102. The molecule has 160 valence electrons. The maximum atomic E-state index is 13.0. The quantitative estimate of drug-likeness (QED) is 0.516. The summed E-state index contributed by atoms with van der Waals surface area (Å²) in [5.41, 5.74) is 1.37. The summed E-state index contributed by atoms with van der Waals surface area (Å²) in [6, 6.07) is 18.5. The molecule has 0 aliphatic heterocycles. The highest BCUT2D eigenvalue weighted by molar-refractivity contribution is 7.89. The third-order valence-corrected chi connectivity index (χ3v) is 6.69. The van der Waals surface area contributed by atoms with Gasteiger partial charge in [0.25, 0.3) is 5.91 Å². The Hall–Kier alpha value is -2.87. The van der Waals surface area contributed by atoms with Crippen molar-refractivity contribution < 1.29 is 17.9 Å². The van der Waals surface area contributed by atoms with Gasteiger partial charge in [0.05, 0.1) is 15.6 Å². The minimum atomic E-state index is -3.67. The van der Waals surface area contributed by atoms with Crippen LogP contribution in [0.1, 0.15) is 28.8 Å². The predicted octanol–water partition coefficient (Wildman–Crippen LogP) is 5.13. The summed E-state index contributed by atoms with van der Waals surface area (Å²) < 4.78 is 33.6. The summed E-state index contributed by atoms with van der Waals surface area (Å²) in [7, 11) is -3.67. The van der Waals surface area contributed by atoms with Gasteiger partial charge in [-0.15, -0.1) is 0 Å². The van der Waals surface area contributed by atoms with Gasteiger partial charge in [-0.25, -0.2) is 13.1 Å². The molecule has 0 radical (unpaired) electrons. The molecule has 1 aliphatic carbocycles. The van der Waals surface area contributed by atoms with Crippen LogP contribution in [0.25, 0.3) is 0 Å². The van der Waals surface area contributed by atoms with Gasteiger partial charge < -0.3 is 10.1 Å². The number of para-hydroxylation sites is 3. The molecule has 0 atom stereocenters. The number of amides is 1. The number of rotatable bonds is 7. The van der Waals surface area contributed by atoms with Gasteiger partial charge in [-0.2, -0.15) is 0 Å². The summed E-state index contributed by atoms with van der Waals surface area (Å²) in [5.74, 6) is 0.443. The van der Waals surface area contributed by atoms with E-state index in [1.807, 2.05) is 0 Å². The minimum Gasteiger partial charge on any atom is -0.454 e. The van der Waals surface area contributed by atoms with Crippen LogP contribution in [0, 0.1) is 6.92 Å². The molecule has 6 nitrogen and oxygen atoms in total. The zero-order chi connectivity index (χ0) is 22.0. The first-order chi connectivity index (χ1) is 14.8. The van der Waals surface area contributed by atoms with E-state index in [-0.39, 0.29) is 16.5 Å². The molecule has 0 saturated heterocycles. The van der Waals surface area contributed by atoms with Crippen molar-refractivity contribution in [3.05, 3.63) is 82.9 Å². The molecule has 8 heteroatoms. The van der Waals surface area contributed by atoms with Crippen LogP contribution in [0.2, 0.25) is 5.02 Å². The maximum absolute atomic E-state index is 13.0. The Bertz CT molecular complexity index is 1240. The summed E-state index contributed by atoms with van der Waals surface area (Å²) in [6.07, 6.45) is 1.67. The van der Waals surface area contributed by atoms with E-state index in [9.17, 15) is 13.2 Å². The standard InChI is InChI=1S/C23H21ClN2O4S/c1-15-10-13-17(31(28,29)26-16-11-12-16)14-18(15)23(27)25-20-7-3-5-9-22(20)30-21-8-4-2-6-19(21)24/h2-10,13-14,16,26H,11-12H2,1H3,(H,25,27). The average Bonchev–Trinajstić information content (AvgIpc) is 3.54. The van der Waals surface area contributed by atoms with Crippen molar-refractivity contribution in [2.75, 3.05) is 5.32 Å². The number of nitrogens with one attached hydrogen (secondary N) is 2. The molecule has 2 N–H and O–H groups in total. The maximum Gasteiger partial charge on any atom is 0.256 e. The molecule has 1 aliphatic rings. The number of ether oxygens (including phenoxy) is 1. The Kier molecular flexibility index (Phi) is 6.00. The van der Waals surface area contributed by atoms with E-state index in [1.165, 1.54) is 12.1 Å². The van der Waals surface area contributed by atoms with Crippen molar-refractivity contribution in [2.24, 2.45) is 0 Å². The molecule has 3 aromatic carbocycles. The molecule has 0 bridgehead atoms. The monoisotopic (exact) mass is 456 g/mol. The Labute approximate surface area is 186 Å². The zero-order valence-corrected chi connectivity index (χ0v) is 18.3. The van der Waals surface area contributed by atoms with E-state index in [4.69, 9.17) is 16.3 Å². The lowest BCUT2D eigenvalue weighted by atomic mass is 10.1. The SMILES string of the molecule is Cc1ccc(S(=O)(=O)NC2CC2)cc1C(=O)Nc1ccccc1Oc1ccccc1Cl. The number of hydrogen-bond donors (Lipinski definition) is 2. The van der Waals surface area contributed by atoms with Gasteiger partial charge in [0.1, 0.15) is 5.75 Å². The lowest BCUT2D eigenvalue weighted by Gasteiger charge is -2.14. The number of anilines is 1. The van der Waals surface area contributed by atoms with Crippen molar-refractivity contribution in [3.8, 4) is 11.5 Å². The average molecular weight is 457 g/mol. The zero-order valence-electron chi connectivity index (χ0n) is 16.8. The minimum absolute atomic E-state index is 0.0163. The second-order valence-electron chi connectivity index (χ2n) is 7.36. The van der Waals surface area contributed by atoms with Gasteiger partial charge in [-0.3, -0.25) is 4.79 Å². The summed E-state index contributed by atoms with van der Waals surface area (Å²) in [6.45, 7) is 1.76. The molecule has 1 amide bonds. The molecule has 0 spiro atoms. The van der Waals surface area contributed by atoms with Crippen LogP contribution in [0.4, 0.5) is 5.69 Å². The summed E-state index contributed by atoms with van der Waals surface area (Å²) >= 11 is 6.17. The molecule has 1 saturated carbocycles. The fourth-order valence-electron chi connectivity index (χ4n) is 3.00. The third-order valence-electron chi connectivity index (χ3n) is 4.85. The van der Waals surface area contributed by atoms with Crippen molar-refractivity contribution >= 4 is 33.2 Å². The van der Waals surface area contributed by atoms with Crippen LogP contribution in [0.3, 0.4) is 0 Å². The van der Waals surface area contributed by atoms with E-state index >= 15 is 0 Å². The lowest BCUT2D eigenvalue weighted by Crippen LogP contribution is -2.26. The van der Waals surface area contributed by atoms with Crippen molar-refractivity contribution in [1.82, 2.24) is 4.72 Å². The van der Waals surface area contributed by atoms with Crippen LogP contribution in [0.5, 0.6) is 11.5 Å². The van der Waals surface area contributed by atoms with E-state index in [0.717, 1.165) is 12.8 Å². The second kappa shape index (κ2) is 8.70. The summed E-state index contributed by atoms with van der Waals surface area (Å²) in [4.78, 5) is 13.1. The number of hydrogen-bond acceptors (Lipinski definition) is 4. The van der Waals surface area contributed by atoms with Gasteiger partial charge in [0, 0.05) is 11.6 Å². The van der Waals surface area contributed by atoms with Gasteiger partial charge >= 0.3 is 0 Å². The molecule has 0 aromatic heterocycles. The highest BCUT2D eigenvalue weighted by Crippen LogP contribution is 2.33. The molecule has 1 fully saturated rings. The first-order valence-corrected chi connectivity index (χ1v) is 11.7. The van der Waals surface area contributed by atoms with Gasteiger partial charge in [0.15, 0.2) is 5.75 Å². The van der Waals surface area contributed by atoms with Crippen molar-refractivity contribution in [2.45, 2.75) is 30.7 Å². The fraction of sp³-hybridized carbons (Fsp3) is 0.174. The van der Waals surface area contributed by atoms with Crippen LogP contribution < -0.4 is 14.8 Å². The van der Waals surface area contributed by atoms with Gasteiger partial charge in [-0.05, 0) is 61.7 Å². The normalized spacial score (nSPS) is 13.6. The number of sulfonamides is 1. The smallest absolute Gasteiger partial charge is 0.256 e. The molecule has 31 heavy (non-hydrogen) atoms. The highest BCUT2D eigenvalue weighted by Gasteiger charge is 2.28. The van der Waals surface area contributed by atoms with E-state index < -0.39 is 15.9 Å².